The lowest BCUT2D eigenvalue weighted by Crippen LogP contribution is -2.32. The van der Waals surface area contributed by atoms with E-state index in [2.05, 4.69) is 5.32 Å². The predicted molar refractivity (Wildman–Crippen MR) is 91.5 cm³/mol. The third kappa shape index (κ3) is 7.11. The van der Waals surface area contributed by atoms with Gasteiger partial charge in [-0.2, -0.15) is 0 Å². The lowest BCUT2D eigenvalue weighted by molar-refractivity contribution is -0.120. The topological polar surface area (TPSA) is 92.5 Å². The summed E-state index contributed by atoms with van der Waals surface area (Å²) in [5.74, 6) is 0.00766. The first kappa shape index (κ1) is 20.7. The molecule has 1 aromatic rings. The Morgan fingerprint density at radius 3 is 2.41 bits per heavy atom. The number of amides is 1. The number of nitrogens with zero attached hydrogens (tertiary/aromatic N) is 1. The summed E-state index contributed by atoms with van der Waals surface area (Å²) in [7, 11) is -1.59. The van der Waals surface area contributed by atoms with Crippen molar-refractivity contribution in [1.82, 2.24) is 9.62 Å². The van der Waals surface area contributed by atoms with Crippen LogP contribution >= 0.6 is 12.4 Å². The predicted octanol–water partition coefficient (Wildman–Crippen LogP) is 1.02. The Morgan fingerprint density at radius 2 is 1.86 bits per heavy atom. The van der Waals surface area contributed by atoms with Gasteiger partial charge in [0.05, 0.1) is 12.2 Å². The molecule has 0 aromatic heterocycles. The van der Waals surface area contributed by atoms with E-state index in [0.717, 1.165) is 5.56 Å². The summed E-state index contributed by atoms with van der Waals surface area (Å²) in [6.45, 7) is 2.47. The molecule has 0 aliphatic carbocycles. The smallest absolute Gasteiger partial charge is 0.224 e. The lowest BCUT2D eigenvalue weighted by atomic mass is 10.1. The van der Waals surface area contributed by atoms with Crippen molar-refractivity contribution in [2.45, 2.75) is 19.8 Å². The van der Waals surface area contributed by atoms with Gasteiger partial charge in [0.15, 0.2) is 0 Å². The summed E-state index contributed by atoms with van der Waals surface area (Å²) in [6.07, 6.45) is 0.882. The highest BCUT2D eigenvalue weighted by Gasteiger charge is 2.14. The van der Waals surface area contributed by atoms with Crippen LogP contribution in [0, 0.1) is 0 Å². The zero-order chi connectivity index (χ0) is 15.9. The maximum Gasteiger partial charge on any atom is 0.224 e. The standard InChI is InChI=1S/C14H23N3O3S.ClH/c1-3-21(19,20)17(2)10-4-9-16-14(18)11-12-5-7-13(15)8-6-12;/h5-8H,3-4,9-11,15H2,1-2H3,(H,16,18);1H. The van der Waals surface area contributed by atoms with Crippen LogP contribution in [0.1, 0.15) is 18.9 Å². The minimum Gasteiger partial charge on any atom is -0.399 e. The van der Waals surface area contributed by atoms with Crippen LogP contribution in [0.25, 0.3) is 0 Å². The first-order valence-electron chi connectivity index (χ1n) is 6.90. The zero-order valence-electron chi connectivity index (χ0n) is 12.9. The van der Waals surface area contributed by atoms with Crippen LogP contribution in [-0.2, 0) is 21.2 Å². The number of halogens is 1. The van der Waals surface area contributed by atoms with Crippen LogP contribution in [0.2, 0.25) is 0 Å². The Morgan fingerprint density at radius 1 is 1.27 bits per heavy atom. The second-order valence-corrected chi connectivity index (χ2v) is 7.21. The van der Waals surface area contributed by atoms with E-state index in [-0.39, 0.29) is 24.1 Å². The maximum absolute atomic E-state index is 11.7. The van der Waals surface area contributed by atoms with E-state index in [4.69, 9.17) is 5.73 Å². The quantitative estimate of drug-likeness (QED) is 0.541. The number of rotatable bonds is 8. The van der Waals surface area contributed by atoms with Gasteiger partial charge in [0.25, 0.3) is 0 Å². The van der Waals surface area contributed by atoms with E-state index in [1.165, 1.54) is 4.31 Å². The fourth-order valence-electron chi connectivity index (χ4n) is 1.77. The monoisotopic (exact) mass is 349 g/mol. The van der Waals surface area contributed by atoms with Crippen LogP contribution in [0.4, 0.5) is 5.69 Å². The number of nitrogen functional groups attached to an aromatic ring is 1. The fourth-order valence-corrected chi connectivity index (χ4v) is 2.62. The summed E-state index contributed by atoms with van der Waals surface area (Å²) >= 11 is 0. The molecule has 1 amide bonds. The molecule has 126 valence electrons. The van der Waals surface area contributed by atoms with Gasteiger partial charge in [-0.3, -0.25) is 4.79 Å². The number of benzene rings is 1. The SMILES string of the molecule is CCS(=O)(=O)N(C)CCCNC(=O)Cc1ccc(N)cc1.Cl. The third-order valence-electron chi connectivity index (χ3n) is 3.16. The van der Waals surface area contributed by atoms with Gasteiger partial charge in [-0.05, 0) is 31.0 Å². The van der Waals surface area contributed by atoms with Crippen molar-refractivity contribution in [2.24, 2.45) is 0 Å². The van der Waals surface area contributed by atoms with Crippen molar-refractivity contribution in [3.63, 3.8) is 0 Å². The molecule has 0 fully saturated rings. The van der Waals surface area contributed by atoms with Crippen LogP contribution in [-0.4, -0.2) is 44.5 Å². The van der Waals surface area contributed by atoms with Gasteiger partial charge in [0.1, 0.15) is 0 Å². The Bertz CT molecular complexity index is 561. The minimum atomic E-state index is -3.14. The van der Waals surface area contributed by atoms with E-state index >= 15 is 0 Å². The molecule has 0 aliphatic heterocycles. The number of carbonyl (C=O) groups excluding carboxylic acids is 1. The molecule has 0 heterocycles. The first-order valence-corrected chi connectivity index (χ1v) is 8.51. The van der Waals surface area contributed by atoms with Gasteiger partial charge in [-0.15, -0.1) is 12.4 Å². The highest BCUT2D eigenvalue weighted by atomic mass is 35.5. The average Bonchev–Trinajstić information content (AvgIpc) is 2.45. The maximum atomic E-state index is 11.7. The number of hydrogen-bond donors (Lipinski definition) is 2. The van der Waals surface area contributed by atoms with Crippen molar-refractivity contribution in [3.8, 4) is 0 Å². The number of hydrogen-bond acceptors (Lipinski definition) is 4. The Kier molecular flexibility index (Phi) is 9.08. The number of sulfonamides is 1. The summed E-state index contributed by atoms with van der Waals surface area (Å²) < 4.78 is 24.4. The summed E-state index contributed by atoms with van der Waals surface area (Å²) in [5, 5.41) is 2.78. The molecular weight excluding hydrogens is 326 g/mol. The van der Waals surface area contributed by atoms with E-state index in [1.807, 2.05) is 12.1 Å². The van der Waals surface area contributed by atoms with Crippen LogP contribution in [0.3, 0.4) is 0 Å². The van der Waals surface area contributed by atoms with Gasteiger partial charge >= 0.3 is 0 Å². The van der Waals surface area contributed by atoms with Gasteiger partial charge < -0.3 is 11.1 Å². The molecule has 0 spiro atoms. The second kappa shape index (κ2) is 9.66. The number of nitrogens with one attached hydrogen (secondary N) is 1. The van der Waals surface area contributed by atoms with Crippen molar-refractivity contribution in [3.05, 3.63) is 29.8 Å². The van der Waals surface area contributed by atoms with Crippen molar-refractivity contribution >= 4 is 34.0 Å². The van der Waals surface area contributed by atoms with Gasteiger partial charge in [0.2, 0.25) is 15.9 Å². The Balaban J connectivity index is 0.00000441. The van der Waals surface area contributed by atoms with E-state index in [0.29, 0.717) is 31.6 Å². The van der Waals surface area contributed by atoms with E-state index in [1.54, 1.807) is 26.1 Å². The number of nitrogens with two attached hydrogens (primary N) is 1. The first-order chi connectivity index (χ1) is 9.85. The molecule has 1 aromatic carbocycles. The molecule has 0 aliphatic rings. The highest BCUT2D eigenvalue weighted by Crippen LogP contribution is 2.06. The molecule has 1 rings (SSSR count). The fraction of sp³-hybridized carbons (Fsp3) is 0.500. The second-order valence-electron chi connectivity index (χ2n) is 4.84. The molecule has 22 heavy (non-hydrogen) atoms. The van der Waals surface area contributed by atoms with Crippen LogP contribution in [0.5, 0.6) is 0 Å². The minimum absolute atomic E-state index is 0. The van der Waals surface area contributed by atoms with Gasteiger partial charge in [-0.1, -0.05) is 12.1 Å². The average molecular weight is 350 g/mol. The molecular formula is C14H24ClN3O3S. The molecule has 0 atom stereocenters. The van der Waals surface area contributed by atoms with Gasteiger partial charge in [-0.25, -0.2) is 12.7 Å². The number of carbonyl (C=O) groups is 1. The van der Waals surface area contributed by atoms with Gasteiger partial charge in [0, 0.05) is 25.8 Å². The Labute approximate surface area is 138 Å². The highest BCUT2D eigenvalue weighted by molar-refractivity contribution is 7.89. The van der Waals surface area contributed by atoms with Crippen molar-refractivity contribution < 1.29 is 13.2 Å². The van der Waals surface area contributed by atoms with Crippen molar-refractivity contribution in [2.75, 3.05) is 31.6 Å². The van der Waals surface area contributed by atoms with E-state index < -0.39 is 10.0 Å². The molecule has 0 unspecified atom stereocenters. The molecule has 8 heteroatoms. The van der Waals surface area contributed by atoms with Crippen LogP contribution < -0.4 is 11.1 Å². The molecule has 0 saturated carbocycles. The van der Waals surface area contributed by atoms with E-state index in [9.17, 15) is 13.2 Å². The normalized spacial score (nSPS) is 11.0. The molecule has 0 radical (unpaired) electrons. The third-order valence-corrected chi connectivity index (χ3v) is 5.02. The summed E-state index contributed by atoms with van der Waals surface area (Å²) in [6, 6.07) is 7.15. The summed E-state index contributed by atoms with van der Waals surface area (Å²) in [5.41, 5.74) is 7.14. The molecule has 0 saturated heterocycles. The lowest BCUT2D eigenvalue weighted by Gasteiger charge is -2.15. The Hall–Kier alpha value is -1.31. The number of anilines is 1. The molecule has 6 nitrogen and oxygen atoms in total. The molecule has 0 bridgehead atoms. The van der Waals surface area contributed by atoms with Crippen LogP contribution in [0.15, 0.2) is 24.3 Å². The largest absolute Gasteiger partial charge is 0.399 e. The van der Waals surface area contributed by atoms with Crippen molar-refractivity contribution in [1.29, 1.82) is 0 Å². The molecule has 3 N–H and O–H groups in total. The summed E-state index contributed by atoms with van der Waals surface area (Å²) in [4.78, 5) is 11.7. The zero-order valence-corrected chi connectivity index (χ0v) is 14.5.